The number of likely N-dealkylation sites (tertiary alicyclic amines) is 1. The van der Waals surface area contributed by atoms with Gasteiger partial charge in [0.25, 0.3) is 0 Å². The summed E-state index contributed by atoms with van der Waals surface area (Å²) in [6.07, 6.45) is 1.53. The molecule has 2 aromatic rings. The smallest absolute Gasteiger partial charge is 0.410 e. The summed E-state index contributed by atoms with van der Waals surface area (Å²) in [6, 6.07) is 2.05. The molecule has 0 bridgehead atoms. The third-order valence-corrected chi connectivity index (χ3v) is 5.24. The minimum atomic E-state index is -0.460. The predicted octanol–water partition coefficient (Wildman–Crippen LogP) is 4.33. The first-order chi connectivity index (χ1) is 12.2. The Hall–Kier alpha value is -2.02. The van der Waals surface area contributed by atoms with E-state index in [1.165, 1.54) is 0 Å². The van der Waals surface area contributed by atoms with Crippen LogP contribution in [0.2, 0.25) is 0 Å². The van der Waals surface area contributed by atoms with Crippen molar-refractivity contribution in [2.24, 2.45) is 0 Å². The van der Waals surface area contributed by atoms with Gasteiger partial charge in [0.1, 0.15) is 22.1 Å². The van der Waals surface area contributed by atoms with Crippen molar-refractivity contribution in [2.45, 2.75) is 59.0 Å². The van der Waals surface area contributed by atoms with Crippen LogP contribution in [-0.4, -0.2) is 44.6 Å². The van der Waals surface area contributed by atoms with Gasteiger partial charge in [-0.2, -0.15) is 0 Å². The van der Waals surface area contributed by atoms with Gasteiger partial charge in [0.05, 0.1) is 0 Å². The molecule has 0 radical (unpaired) electrons. The van der Waals surface area contributed by atoms with Gasteiger partial charge in [0.2, 0.25) is 0 Å². The molecular formula is C19H26N4O2S. The zero-order chi connectivity index (χ0) is 18.9. The van der Waals surface area contributed by atoms with E-state index in [2.05, 4.69) is 21.0 Å². The van der Waals surface area contributed by atoms with Crippen LogP contribution in [0.3, 0.4) is 0 Å². The molecule has 0 aliphatic carbocycles. The number of piperidine rings is 1. The van der Waals surface area contributed by atoms with Gasteiger partial charge in [0, 0.05) is 35.8 Å². The summed E-state index contributed by atoms with van der Waals surface area (Å²) in [5.41, 5.74) is 2.48. The van der Waals surface area contributed by atoms with E-state index in [0.717, 1.165) is 40.8 Å². The molecule has 6 nitrogen and oxygen atoms in total. The van der Waals surface area contributed by atoms with Gasteiger partial charge in [-0.05, 0) is 53.5 Å². The summed E-state index contributed by atoms with van der Waals surface area (Å²) >= 11 is 1.61. The van der Waals surface area contributed by atoms with E-state index < -0.39 is 5.60 Å². The van der Waals surface area contributed by atoms with E-state index in [9.17, 15) is 4.79 Å². The maximum atomic E-state index is 12.2. The van der Waals surface area contributed by atoms with Gasteiger partial charge in [-0.1, -0.05) is 0 Å². The fourth-order valence-electron chi connectivity index (χ4n) is 3.07. The first-order valence-electron chi connectivity index (χ1n) is 8.97. The molecule has 0 aromatic carbocycles. The molecule has 0 atom stereocenters. The Kier molecular flexibility index (Phi) is 5.27. The summed E-state index contributed by atoms with van der Waals surface area (Å²) < 4.78 is 5.47. The minimum absolute atomic E-state index is 0.228. The molecule has 3 heterocycles. The summed E-state index contributed by atoms with van der Waals surface area (Å²) in [4.78, 5) is 27.8. The maximum absolute atomic E-state index is 12.2. The molecule has 1 aliphatic rings. The highest BCUT2D eigenvalue weighted by Gasteiger charge is 2.28. The Morgan fingerprint density at radius 2 is 1.88 bits per heavy atom. The normalized spacial score (nSPS) is 16.0. The molecule has 0 unspecified atom stereocenters. The van der Waals surface area contributed by atoms with E-state index in [1.807, 2.05) is 40.0 Å². The Labute approximate surface area is 158 Å². The number of amides is 1. The van der Waals surface area contributed by atoms with Gasteiger partial charge in [0.15, 0.2) is 0 Å². The Morgan fingerprint density at radius 1 is 1.19 bits per heavy atom. The number of ether oxygens (including phenoxy) is 1. The zero-order valence-corrected chi connectivity index (χ0v) is 16.9. The van der Waals surface area contributed by atoms with Gasteiger partial charge < -0.3 is 9.64 Å². The topological polar surface area (TPSA) is 68.2 Å². The lowest BCUT2D eigenvalue weighted by atomic mass is 9.93. The molecule has 7 heteroatoms. The van der Waals surface area contributed by atoms with Crippen molar-refractivity contribution in [3.8, 4) is 10.7 Å². The van der Waals surface area contributed by atoms with Crippen LogP contribution in [0.4, 0.5) is 4.79 Å². The van der Waals surface area contributed by atoms with Crippen molar-refractivity contribution in [2.75, 3.05) is 13.1 Å². The number of aromatic nitrogens is 3. The molecular weight excluding hydrogens is 348 g/mol. The molecule has 1 fully saturated rings. The molecule has 1 saturated heterocycles. The van der Waals surface area contributed by atoms with Crippen molar-refractivity contribution >= 4 is 17.4 Å². The number of thiazole rings is 1. The third kappa shape index (κ3) is 4.58. The number of nitrogens with zero attached hydrogens (tertiary/aromatic N) is 4. The lowest BCUT2D eigenvalue weighted by Gasteiger charge is -2.33. The summed E-state index contributed by atoms with van der Waals surface area (Å²) in [7, 11) is 0. The molecule has 26 heavy (non-hydrogen) atoms. The first-order valence-corrected chi connectivity index (χ1v) is 9.85. The highest BCUT2D eigenvalue weighted by molar-refractivity contribution is 7.13. The first kappa shape index (κ1) is 18.8. The monoisotopic (exact) mass is 374 g/mol. The standard InChI is InChI=1S/C19H26N4O2S/c1-12-11-26-17(20-12)16-10-15(21-13(2)22-16)14-6-8-23(9-7-14)18(24)25-19(3,4)5/h10-11,14H,6-9H2,1-5H3. The second-order valence-electron chi connectivity index (χ2n) is 7.76. The van der Waals surface area contributed by atoms with Crippen LogP contribution < -0.4 is 0 Å². The van der Waals surface area contributed by atoms with Crippen molar-refractivity contribution < 1.29 is 9.53 Å². The maximum Gasteiger partial charge on any atom is 0.410 e. The lowest BCUT2D eigenvalue weighted by Crippen LogP contribution is -2.41. The Bertz CT molecular complexity index is 789. The quantitative estimate of drug-likeness (QED) is 0.782. The SMILES string of the molecule is Cc1csc(-c2cc(C3CCN(C(=O)OC(C)(C)C)CC3)nc(C)n2)n1. The largest absolute Gasteiger partial charge is 0.444 e. The second-order valence-corrected chi connectivity index (χ2v) is 8.62. The van der Waals surface area contributed by atoms with Crippen LogP contribution in [0.5, 0.6) is 0 Å². The summed E-state index contributed by atoms with van der Waals surface area (Å²) in [5, 5.41) is 2.96. The molecule has 140 valence electrons. The van der Waals surface area contributed by atoms with Crippen LogP contribution in [0.1, 0.15) is 56.7 Å². The third-order valence-electron chi connectivity index (χ3n) is 4.26. The number of carbonyl (C=O) groups is 1. The van der Waals surface area contributed by atoms with E-state index in [0.29, 0.717) is 19.0 Å². The van der Waals surface area contributed by atoms with E-state index in [4.69, 9.17) is 4.74 Å². The summed E-state index contributed by atoms with van der Waals surface area (Å²) in [6.45, 7) is 11.0. The zero-order valence-electron chi connectivity index (χ0n) is 16.1. The van der Waals surface area contributed by atoms with Gasteiger partial charge in [-0.3, -0.25) is 0 Å². The fraction of sp³-hybridized carbons (Fsp3) is 0.579. The van der Waals surface area contributed by atoms with Crippen molar-refractivity contribution in [3.05, 3.63) is 28.7 Å². The Morgan fingerprint density at radius 3 is 2.46 bits per heavy atom. The highest BCUT2D eigenvalue weighted by atomic mass is 32.1. The van der Waals surface area contributed by atoms with E-state index >= 15 is 0 Å². The van der Waals surface area contributed by atoms with Gasteiger partial charge >= 0.3 is 6.09 Å². The average Bonchev–Trinajstić information content (AvgIpc) is 2.99. The van der Waals surface area contributed by atoms with Crippen molar-refractivity contribution in [1.82, 2.24) is 19.9 Å². The van der Waals surface area contributed by atoms with Crippen molar-refractivity contribution in [1.29, 1.82) is 0 Å². The summed E-state index contributed by atoms with van der Waals surface area (Å²) in [5.74, 6) is 1.09. The molecule has 3 rings (SSSR count). The van der Waals surface area contributed by atoms with E-state index in [-0.39, 0.29) is 6.09 Å². The van der Waals surface area contributed by atoms with Gasteiger partial charge in [-0.15, -0.1) is 11.3 Å². The number of carbonyl (C=O) groups excluding carboxylic acids is 1. The minimum Gasteiger partial charge on any atom is -0.444 e. The van der Waals surface area contributed by atoms with Crippen LogP contribution in [0.15, 0.2) is 11.4 Å². The number of hydrogen-bond donors (Lipinski definition) is 0. The molecule has 1 amide bonds. The molecule has 2 aromatic heterocycles. The van der Waals surface area contributed by atoms with E-state index in [1.54, 1.807) is 16.2 Å². The molecule has 0 N–H and O–H groups in total. The lowest BCUT2D eigenvalue weighted by molar-refractivity contribution is 0.0204. The Balaban J connectivity index is 1.70. The van der Waals surface area contributed by atoms with Crippen LogP contribution >= 0.6 is 11.3 Å². The van der Waals surface area contributed by atoms with Crippen LogP contribution in [-0.2, 0) is 4.74 Å². The van der Waals surface area contributed by atoms with Crippen molar-refractivity contribution in [3.63, 3.8) is 0 Å². The average molecular weight is 375 g/mol. The number of aryl methyl sites for hydroxylation is 2. The number of rotatable bonds is 2. The molecule has 1 aliphatic heterocycles. The second kappa shape index (κ2) is 7.31. The molecule has 0 spiro atoms. The number of hydrogen-bond acceptors (Lipinski definition) is 6. The molecule has 0 saturated carbocycles. The van der Waals surface area contributed by atoms with Gasteiger partial charge in [-0.25, -0.2) is 19.7 Å². The predicted molar refractivity (Wildman–Crippen MR) is 102 cm³/mol. The van der Waals surface area contributed by atoms with Crippen LogP contribution in [0, 0.1) is 13.8 Å². The highest BCUT2D eigenvalue weighted by Crippen LogP contribution is 2.30. The fourth-order valence-corrected chi connectivity index (χ4v) is 3.82. The van der Waals surface area contributed by atoms with Crippen LogP contribution in [0.25, 0.3) is 10.7 Å².